The maximum Gasteiger partial charge on any atom is 0.324 e. The number of rotatable bonds is 5. The van der Waals surface area contributed by atoms with Crippen LogP contribution in [0.4, 0.5) is 5.00 Å². The Morgan fingerprint density at radius 2 is 2.14 bits per heavy atom. The van der Waals surface area contributed by atoms with Gasteiger partial charge in [0.1, 0.15) is 0 Å². The number of nitrogens with zero attached hydrogens (tertiary/aromatic N) is 2. The van der Waals surface area contributed by atoms with E-state index in [1.54, 1.807) is 6.07 Å². The molecule has 21 heavy (non-hydrogen) atoms. The van der Waals surface area contributed by atoms with Gasteiger partial charge in [0.25, 0.3) is 0 Å². The second-order valence-electron chi connectivity index (χ2n) is 4.94. The van der Waals surface area contributed by atoms with Crippen molar-refractivity contribution < 1.29 is 4.92 Å². The summed E-state index contributed by atoms with van der Waals surface area (Å²) in [5, 5.41) is 16.3. The first kappa shape index (κ1) is 20.3. The second-order valence-corrected chi connectivity index (χ2v) is 5.83. The summed E-state index contributed by atoms with van der Waals surface area (Å²) >= 11 is 1.21. The number of hydrogen-bond donors (Lipinski definition) is 1. The predicted molar refractivity (Wildman–Crippen MR) is 92.1 cm³/mol. The van der Waals surface area contributed by atoms with Crippen LogP contribution in [-0.4, -0.2) is 36.0 Å². The molecule has 5 nitrogen and oxygen atoms in total. The molecule has 0 bridgehead atoms. The third kappa shape index (κ3) is 5.56. The van der Waals surface area contributed by atoms with Gasteiger partial charge in [0.15, 0.2) is 0 Å². The zero-order valence-electron chi connectivity index (χ0n) is 11.9. The van der Waals surface area contributed by atoms with Crippen molar-refractivity contribution in [2.24, 2.45) is 0 Å². The highest BCUT2D eigenvalue weighted by atomic mass is 35.5. The molecule has 1 aliphatic rings. The van der Waals surface area contributed by atoms with E-state index < -0.39 is 0 Å². The van der Waals surface area contributed by atoms with Gasteiger partial charge in [0.05, 0.1) is 4.92 Å². The molecule has 0 spiro atoms. The summed E-state index contributed by atoms with van der Waals surface area (Å²) < 4.78 is 0. The van der Waals surface area contributed by atoms with Gasteiger partial charge < -0.3 is 5.32 Å². The van der Waals surface area contributed by atoms with Gasteiger partial charge in [-0.25, -0.2) is 0 Å². The maximum atomic E-state index is 10.8. The molecule has 0 aromatic carbocycles. The van der Waals surface area contributed by atoms with Crippen LogP contribution < -0.4 is 5.32 Å². The number of thiophene rings is 1. The van der Waals surface area contributed by atoms with Crippen LogP contribution in [0.2, 0.25) is 0 Å². The molecule has 1 aromatic heterocycles. The summed E-state index contributed by atoms with van der Waals surface area (Å²) in [6, 6.07) is 1.92. The van der Waals surface area contributed by atoms with Crippen molar-refractivity contribution in [3.63, 3.8) is 0 Å². The Morgan fingerprint density at radius 3 is 2.62 bits per heavy atom. The van der Waals surface area contributed by atoms with Crippen LogP contribution in [0.3, 0.4) is 0 Å². The Bertz CT molecular complexity index is 476. The third-order valence-electron chi connectivity index (χ3n) is 3.30. The fraction of sp³-hybridized carbons (Fsp3) is 0.538. The lowest BCUT2D eigenvalue weighted by molar-refractivity contribution is -0.380. The number of piperazine rings is 1. The number of nitrogens with one attached hydrogen (secondary N) is 1. The van der Waals surface area contributed by atoms with Crippen molar-refractivity contribution in [2.45, 2.75) is 19.4 Å². The van der Waals surface area contributed by atoms with E-state index >= 15 is 0 Å². The van der Waals surface area contributed by atoms with E-state index in [1.165, 1.54) is 11.3 Å². The van der Waals surface area contributed by atoms with E-state index in [1.807, 2.05) is 12.3 Å². The van der Waals surface area contributed by atoms with Crippen LogP contribution in [0.5, 0.6) is 0 Å². The predicted octanol–water partition coefficient (Wildman–Crippen LogP) is 3.41. The van der Waals surface area contributed by atoms with Gasteiger partial charge in [-0.15, -0.1) is 31.4 Å². The highest BCUT2D eigenvalue weighted by Gasteiger charge is 2.24. The fourth-order valence-corrected chi connectivity index (χ4v) is 3.16. The fourth-order valence-electron chi connectivity index (χ4n) is 2.39. The van der Waals surface area contributed by atoms with Gasteiger partial charge in [0.2, 0.25) is 0 Å². The molecule has 2 heterocycles. The van der Waals surface area contributed by atoms with Gasteiger partial charge in [-0.2, -0.15) is 0 Å². The van der Waals surface area contributed by atoms with Crippen LogP contribution in [0, 0.1) is 10.1 Å². The molecule has 0 saturated carbocycles. The second kappa shape index (κ2) is 9.38. The Labute approximate surface area is 141 Å². The molecule has 0 unspecified atom stereocenters. The standard InChI is InChI=1S/C13H19N3O2S.2ClH/c1-10(2)7-12(15-5-3-14-4-6-15)11-8-13(16(17)18)19-9-11;;/h8-9,12,14H,1,3-7H2,2H3;2*1H/t12-;;/m1../s1. The van der Waals surface area contributed by atoms with E-state index in [2.05, 4.69) is 16.8 Å². The average Bonchev–Trinajstić information content (AvgIpc) is 2.86. The van der Waals surface area contributed by atoms with Gasteiger partial charge in [-0.1, -0.05) is 16.9 Å². The number of hydrogen-bond acceptors (Lipinski definition) is 5. The van der Waals surface area contributed by atoms with Crippen LogP contribution in [0.15, 0.2) is 23.6 Å². The number of nitro groups is 1. The Hall–Kier alpha value is -0.660. The summed E-state index contributed by atoms with van der Waals surface area (Å²) in [6.07, 6.45) is 0.855. The molecule has 1 saturated heterocycles. The molecule has 1 aliphatic heterocycles. The lowest BCUT2D eigenvalue weighted by Gasteiger charge is -2.34. The van der Waals surface area contributed by atoms with Crippen molar-refractivity contribution in [1.29, 1.82) is 0 Å². The first-order valence-electron chi connectivity index (χ1n) is 6.40. The van der Waals surface area contributed by atoms with Crippen molar-refractivity contribution in [2.75, 3.05) is 26.2 Å². The summed E-state index contributed by atoms with van der Waals surface area (Å²) in [6.45, 7) is 9.88. The summed E-state index contributed by atoms with van der Waals surface area (Å²) in [5.74, 6) is 0. The molecule has 1 fully saturated rings. The molecular weight excluding hydrogens is 333 g/mol. The van der Waals surface area contributed by atoms with Crippen molar-refractivity contribution in [3.05, 3.63) is 39.3 Å². The molecule has 1 N–H and O–H groups in total. The molecule has 8 heteroatoms. The highest BCUT2D eigenvalue weighted by molar-refractivity contribution is 7.13. The number of halogens is 2. The van der Waals surface area contributed by atoms with Gasteiger partial charge >= 0.3 is 5.00 Å². The van der Waals surface area contributed by atoms with Crippen molar-refractivity contribution in [1.82, 2.24) is 10.2 Å². The average molecular weight is 354 g/mol. The summed E-state index contributed by atoms with van der Waals surface area (Å²) in [5.41, 5.74) is 2.15. The molecule has 0 amide bonds. The van der Waals surface area contributed by atoms with Gasteiger partial charge in [-0.3, -0.25) is 15.0 Å². The largest absolute Gasteiger partial charge is 0.324 e. The molecule has 1 aromatic rings. The molecule has 2 rings (SSSR count). The van der Waals surface area contributed by atoms with Gasteiger partial charge in [0, 0.05) is 43.7 Å². The van der Waals surface area contributed by atoms with Crippen molar-refractivity contribution in [3.8, 4) is 0 Å². The van der Waals surface area contributed by atoms with Gasteiger partial charge in [-0.05, 0) is 18.9 Å². The summed E-state index contributed by atoms with van der Waals surface area (Å²) in [4.78, 5) is 12.9. The SMILES string of the molecule is C=C(C)C[C@H](c1csc([N+](=O)[O-])c1)N1CCNCC1.Cl.Cl. The first-order chi connectivity index (χ1) is 9.08. The maximum absolute atomic E-state index is 10.8. The normalized spacial score (nSPS) is 16.4. The zero-order valence-corrected chi connectivity index (χ0v) is 14.4. The smallest absolute Gasteiger partial charge is 0.314 e. The molecule has 1 atom stereocenters. The van der Waals surface area contributed by atoms with E-state index in [4.69, 9.17) is 0 Å². The van der Waals surface area contributed by atoms with Crippen LogP contribution >= 0.6 is 36.2 Å². The van der Waals surface area contributed by atoms with Crippen LogP contribution in [-0.2, 0) is 0 Å². The topological polar surface area (TPSA) is 58.4 Å². The highest BCUT2D eigenvalue weighted by Crippen LogP contribution is 2.33. The third-order valence-corrected chi connectivity index (χ3v) is 4.20. The molecule has 0 radical (unpaired) electrons. The Kier molecular flexibility index (Phi) is 9.08. The van der Waals surface area contributed by atoms with E-state index in [-0.39, 0.29) is 40.8 Å². The van der Waals surface area contributed by atoms with Crippen molar-refractivity contribution >= 4 is 41.2 Å². The quantitative estimate of drug-likeness (QED) is 0.500. The monoisotopic (exact) mass is 353 g/mol. The summed E-state index contributed by atoms with van der Waals surface area (Å²) in [7, 11) is 0. The minimum absolute atomic E-state index is 0. The first-order valence-corrected chi connectivity index (χ1v) is 7.28. The lowest BCUT2D eigenvalue weighted by Crippen LogP contribution is -2.45. The minimum Gasteiger partial charge on any atom is -0.314 e. The lowest BCUT2D eigenvalue weighted by atomic mass is 10.0. The van der Waals surface area contributed by atoms with Crippen LogP contribution in [0.1, 0.15) is 24.9 Å². The minimum atomic E-state index is -0.316. The van der Waals surface area contributed by atoms with E-state index in [9.17, 15) is 10.1 Å². The van der Waals surface area contributed by atoms with Crippen LogP contribution in [0.25, 0.3) is 0 Å². The Balaban J connectivity index is 0.00000200. The van der Waals surface area contributed by atoms with E-state index in [0.29, 0.717) is 0 Å². The van der Waals surface area contributed by atoms with E-state index in [0.717, 1.165) is 43.7 Å². The molecule has 120 valence electrons. The zero-order chi connectivity index (χ0) is 13.8. The molecule has 0 aliphatic carbocycles. The molecular formula is C13H21Cl2N3O2S. The Morgan fingerprint density at radius 1 is 1.52 bits per heavy atom.